The molecule has 0 heterocycles. The molecule has 0 aromatic rings. The number of amides is 1. The number of rotatable bonds is 35. The lowest BCUT2D eigenvalue weighted by atomic mass is 10.0. The van der Waals surface area contributed by atoms with Crippen molar-refractivity contribution in [1.82, 2.24) is 5.32 Å². The number of allylic oxidation sites excluding steroid dienone is 3. The molecular formula is C37H73N2O6P. The van der Waals surface area contributed by atoms with Crippen LogP contribution in [0.15, 0.2) is 24.3 Å². The van der Waals surface area contributed by atoms with Gasteiger partial charge in [-0.2, -0.15) is 0 Å². The molecule has 0 spiro atoms. The molecule has 46 heavy (non-hydrogen) atoms. The van der Waals surface area contributed by atoms with Crippen LogP contribution in [0.5, 0.6) is 0 Å². The largest absolute Gasteiger partial charge is 0.472 e. The number of nitrogens with two attached hydrogens (primary N) is 1. The van der Waals surface area contributed by atoms with Crippen molar-refractivity contribution in [2.24, 2.45) is 5.73 Å². The molecule has 0 rings (SSSR count). The second-order valence-electron chi connectivity index (χ2n) is 12.8. The molecule has 0 saturated heterocycles. The fourth-order valence-corrected chi connectivity index (χ4v) is 6.14. The summed E-state index contributed by atoms with van der Waals surface area (Å²) >= 11 is 0. The molecule has 0 saturated carbocycles. The van der Waals surface area contributed by atoms with Gasteiger partial charge in [0.2, 0.25) is 5.91 Å². The number of unbranched alkanes of at least 4 members (excludes halogenated alkanes) is 21. The number of nitrogens with one attached hydrogen (secondary N) is 1. The number of aliphatic hydroxyl groups excluding tert-OH is 1. The third-order valence-corrected chi connectivity index (χ3v) is 9.26. The average Bonchev–Trinajstić information content (AvgIpc) is 3.04. The Bertz CT molecular complexity index is 779. The number of phosphoric acid groups is 1. The van der Waals surface area contributed by atoms with E-state index in [1.807, 2.05) is 6.08 Å². The topological polar surface area (TPSA) is 131 Å². The Kier molecular flexibility index (Phi) is 33.1. The Hall–Kier alpha value is -1.02. The molecule has 9 heteroatoms. The molecular weight excluding hydrogens is 599 g/mol. The number of phosphoric ester groups is 1. The summed E-state index contributed by atoms with van der Waals surface area (Å²) in [5.74, 6) is -0.205. The van der Waals surface area contributed by atoms with Crippen LogP contribution in [0.25, 0.3) is 0 Å². The van der Waals surface area contributed by atoms with E-state index in [9.17, 15) is 19.4 Å². The van der Waals surface area contributed by atoms with Crippen LogP contribution < -0.4 is 11.1 Å². The molecule has 0 aliphatic heterocycles. The van der Waals surface area contributed by atoms with Crippen molar-refractivity contribution >= 4 is 13.7 Å². The molecule has 0 bridgehead atoms. The van der Waals surface area contributed by atoms with Crippen molar-refractivity contribution < 1.29 is 28.4 Å². The van der Waals surface area contributed by atoms with Crippen molar-refractivity contribution in [3.63, 3.8) is 0 Å². The first-order valence-electron chi connectivity index (χ1n) is 19.0. The van der Waals surface area contributed by atoms with Gasteiger partial charge in [-0.15, -0.1) is 0 Å². The first-order chi connectivity index (χ1) is 22.4. The highest BCUT2D eigenvalue weighted by atomic mass is 31.2. The summed E-state index contributed by atoms with van der Waals surface area (Å²) in [7, 11) is -4.33. The average molecular weight is 673 g/mol. The van der Waals surface area contributed by atoms with Gasteiger partial charge in [-0.25, -0.2) is 4.57 Å². The Balaban J connectivity index is 4.29. The lowest BCUT2D eigenvalue weighted by molar-refractivity contribution is -0.123. The summed E-state index contributed by atoms with van der Waals surface area (Å²) in [6, 6.07) is -0.870. The second kappa shape index (κ2) is 33.9. The Labute approximate surface area is 283 Å². The van der Waals surface area contributed by atoms with E-state index in [0.29, 0.717) is 6.42 Å². The summed E-state index contributed by atoms with van der Waals surface area (Å²) in [6.45, 7) is 4.08. The maximum absolute atomic E-state index is 12.7. The predicted octanol–water partition coefficient (Wildman–Crippen LogP) is 9.83. The number of carbonyl (C=O) groups is 1. The summed E-state index contributed by atoms with van der Waals surface area (Å²) in [4.78, 5) is 22.6. The van der Waals surface area contributed by atoms with E-state index < -0.39 is 20.0 Å². The number of carbonyl (C=O) groups excluding carboxylic acids is 1. The van der Waals surface area contributed by atoms with E-state index in [1.165, 1.54) is 116 Å². The quantitative estimate of drug-likeness (QED) is 0.0299. The van der Waals surface area contributed by atoms with Crippen molar-refractivity contribution in [3.8, 4) is 0 Å². The van der Waals surface area contributed by atoms with E-state index in [4.69, 9.17) is 14.8 Å². The Morgan fingerprint density at radius 2 is 1.15 bits per heavy atom. The molecule has 0 fully saturated rings. The highest BCUT2D eigenvalue weighted by molar-refractivity contribution is 7.47. The lowest BCUT2D eigenvalue weighted by Crippen LogP contribution is -2.45. The first-order valence-corrected chi connectivity index (χ1v) is 20.5. The minimum atomic E-state index is -4.33. The number of hydrogen-bond acceptors (Lipinski definition) is 6. The van der Waals surface area contributed by atoms with Crippen LogP contribution in [0.2, 0.25) is 0 Å². The van der Waals surface area contributed by atoms with Gasteiger partial charge in [-0.1, -0.05) is 160 Å². The standard InChI is InChI=1S/C37H73N2O6P/c1-3-5-7-9-11-13-15-16-17-18-19-21-23-25-27-29-31-37(41)39-35(34-45-46(42,43)44-33-32-38)36(40)30-28-26-24-22-20-14-12-10-8-6-4-2/h20,22,28,30,35-36,40H,3-19,21,23-27,29,31-34,38H2,1-2H3,(H,39,41)(H,42,43)/b22-20+,30-28+. The van der Waals surface area contributed by atoms with Gasteiger partial charge >= 0.3 is 7.82 Å². The maximum Gasteiger partial charge on any atom is 0.472 e. The van der Waals surface area contributed by atoms with Crippen LogP contribution in [0, 0.1) is 0 Å². The summed E-state index contributed by atoms with van der Waals surface area (Å²) in [5.41, 5.74) is 5.35. The Morgan fingerprint density at radius 3 is 1.67 bits per heavy atom. The van der Waals surface area contributed by atoms with Gasteiger partial charge in [-0.05, 0) is 32.1 Å². The molecule has 272 valence electrons. The van der Waals surface area contributed by atoms with Gasteiger partial charge in [0.25, 0.3) is 0 Å². The van der Waals surface area contributed by atoms with Crippen LogP contribution >= 0.6 is 7.82 Å². The van der Waals surface area contributed by atoms with Crippen LogP contribution in [-0.4, -0.2) is 47.8 Å². The van der Waals surface area contributed by atoms with Crippen molar-refractivity contribution in [2.75, 3.05) is 19.8 Å². The van der Waals surface area contributed by atoms with Gasteiger partial charge in [0, 0.05) is 13.0 Å². The minimum Gasteiger partial charge on any atom is -0.387 e. The smallest absolute Gasteiger partial charge is 0.387 e. The van der Waals surface area contributed by atoms with E-state index in [2.05, 4.69) is 31.3 Å². The van der Waals surface area contributed by atoms with E-state index in [1.54, 1.807) is 6.08 Å². The van der Waals surface area contributed by atoms with Gasteiger partial charge in [-0.3, -0.25) is 13.8 Å². The number of hydrogen-bond donors (Lipinski definition) is 4. The predicted molar refractivity (Wildman–Crippen MR) is 194 cm³/mol. The summed E-state index contributed by atoms with van der Waals surface area (Å²) in [6.07, 6.45) is 36.5. The lowest BCUT2D eigenvalue weighted by Gasteiger charge is -2.23. The monoisotopic (exact) mass is 673 g/mol. The van der Waals surface area contributed by atoms with Gasteiger partial charge < -0.3 is 21.1 Å². The SMILES string of the molecule is CCCCCCC/C=C/CC/C=C/C(O)C(COP(=O)(O)OCCN)NC(=O)CCCCCCCCCCCCCCCCCC. The van der Waals surface area contributed by atoms with Gasteiger partial charge in [0.05, 0.1) is 25.4 Å². The van der Waals surface area contributed by atoms with Crippen LogP contribution in [0.4, 0.5) is 0 Å². The zero-order valence-corrected chi connectivity index (χ0v) is 30.7. The molecule has 0 aliphatic rings. The third kappa shape index (κ3) is 31.6. The molecule has 0 aliphatic carbocycles. The van der Waals surface area contributed by atoms with Crippen molar-refractivity contribution in [3.05, 3.63) is 24.3 Å². The maximum atomic E-state index is 12.7. The van der Waals surface area contributed by atoms with E-state index in [-0.39, 0.29) is 25.7 Å². The van der Waals surface area contributed by atoms with Crippen molar-refractivity contribution in [2.45, 2.75) is 187 Å². The molecule has 0 aromatic carbocycles. The fraction of sp³-hybridized carbons (Fsp3) is 0.865. The molecule has 0 aromatic heterocycles. The molecule has 3 unspecified atom stereocenters. The fourth-order valence-electron chi connectivity index (χ4n) is 5.38. The zero-order valence-electron chi connectivity index (χ0n) is 29.8. The molecule has 0 radical (unpaired) electrons. The summed E-state index contributed by atoms with van der Waals surface area (Å²) < 4.78 is 22.0. The third-order valence-electron chi connectivity index (χ3n) is 8.28. The van der Waals surface area contributed by atoms with Crippen LogP contribution in [0.1, 0.15) is 174 Å². The zero-order chi connectivity index (χ0) is 34.0. The van der Waals surface area contributed by atoms with Crippen LogP contribution in [0.3, 0.4) is 0 Å². The normalized spacial score (nSPS) is 14.6. The van der Waals surface area contributed by atoms with E-state index in [0.717, 1.165) is 38.5 Å². The molecule has 3 atom stereocenters. The highest BCUT2D eigenvalue weighted by Gasteiger charge is 2.26. The van der Waals surface area contributed by atoms with Crippen LogP contribution in [-0.2, 0) is 18.4 Å². The second-order valence-corrected chi connectivity index (χ2v) is 14.2. The number of aliphatic hydroxyl groups is 1. The minimum absolute atomic E-state index is 0.0754. The Morgan fingerprint density at radius 1 is 0.696 bits per heavy atom. The first kappa shape index (κ1) is 45.0. The van der Waals surface area contributed by atoms with E-state index >= 15 is 0 Å². The molecule has 1 amide bonds. The summed E-state index contributed by atoms with van der Waals surface area (Å²) in [5, 5.41) is 13.6. The molecule has 5 N–H and O–H groups in total. The van der Waals surface area contributed by atoms with Gasteiger partial charge in [0.1, 0.15) is 0 Å². The van der Waals surface area contributed by atoms with Gasteiger partial charge in [0.15, 0.2) is 0 Å². The highest BCUT2D eigenvalue weighted by Crippen LogP contribution is 2.43. The molecule has 8 nitrogen and oxygen atoms in total. The van der Waals surface area contributed by atoms with Crippen molar-refractivity contribution in [1.29, 1.82) is 0 Å².